The molecule has 6 heteroatoms. The van der Waals surface area contributed by atoms with Gasteiger partial charge in [-0.2, -0.15) is 0 Å². The van der Waals surface area contributed by atoms with Crippen LogP contribution in [0.5, 0.6) is 0 Å². The van der Waals surface area contributed by atoms with E-state index in [1.165, 1.54) is 22.0 Å². The lowest BCUT2D eigenvalue weighted by molar-refractivity contribution is 0.865. The number of hydrogen-bond donors (Lipinski definition) is 2. The van der Waals surface area contributed by atoms with Crippen LogP contribution in [-0.2, 0) is 5.75 Å². The summed E-state index contributed by atoms with van der Waals surface area (Å²) in [7, 11) is 0. The lowest BCUT2D eigenvalue weighted by atomic mass is 10.0. The van der Waals surface area contributed by atoms with Crippen molar-refractivity contribution in [2.75, 3.05) is 5.43 Å². The smallest absolute Gasteiger partial charge is 0.148 e. The van der Waals surface area contributed by atoms with Crippen LogP contribution in [-0.4, -0.2) is 9.59 Å². The molecule has 18 heavy (non-hydrogen) atoms. The molecule has 4 nitrogen and oxygen atoms in total. The Bertz CT molecular complexity index is 493. The molecule has 0 unspecified atom stereocenters. The third-order valence-electron chi connectivity index (χ3n) is 2.61. The van der Waals surface area contributed by atoms with Crippen LogP contribution in [0.4, 0.5) is 5.00 Å². The average Bonchev–Trinajstić information content (AvgIpc) is 2.84. The molecule has 0 fully saturated rings. The highest BCUT2D eigenvalue weighted by atomic mass is 32.2. The van der Waals surface area contributed by atoms with Gasteiger partial charge in [0.05, 0.1) is 0 Å². The zero-order chi connectivity index (χ0) is 13.0. The molecule has 0 saturated carbocycles. The first-order chi connectivity index (χ1) is 8.70. The Morgan fingerprint density at radius 2 is 2.06 bits per heavy atom. The fourth-order valence-corrected chi connectivity index (χ4v) is 2.93. The Morgan fingerprint density at radius 3 is 2.67 bits per heavy atom. The summed E-state index contributed by atoms with van der Waals surface area (Å²) in [6, 6.07) is 8.65. The summed E-state index contributed by atoms with van der Waals surface area (Å²) in [5, 5.41) is 4.89. The maximum Gasteiger partial charge on any atom is 0.148 e. The first-order valence-corrected chi connectivity index (χ1v) is 7.47. The molecule has 1 aromatic carbocycles. The predicted octanol–water partition coefficient (Wildman–Crippen LogP) is 3.24. The van der Waals surface area contributed by atoms with Crippen LogP contribution in [0.1, 0.15) is 31.0 Å². The summed E-state index contributed by atoms with van der Waals surface area (Å²) < 4.78 is 3.88. The molecule has 2 aromatic rings. The second kappa shape index (κ2) is 6.17. The Morgan fingerprint density at radius 1 is 1.33 bits per heavy atom. The van der Waals surface area contributed by atoms with Gasteiger partial charge in [0, 0.05) is 22.2 Å². The quantitative estimate of drug-likeness (QED) is 0.500. The summed E-state index contributed by atoms with van der Waals surface area (Å²) in [4.78, 5) is 1.23. The first-order valence-electron chi connectivity index (χ1n) is 5.71. The molecule has 0 aliphatic heterocycles. The van der Waals surface area contributed by atoms with Gasteiger partial charge in [0.1, 0.15) is 10.7 Å². The van der Waals surface area contributed by atoms with Crippen LogP contribution in [0.3, 0.4) is 0 Å². The van der Waals surface area contributed by atoms with E-state index in [2.05, 4.69) is 53.1 Å². The normalized spacial score (nSPS) is 10.9. The second-order valence-electron chi connectivity index (χ2n) is 4.21. The molecule has 0 amide bonds. The van der Waals surface area contributed by atoms with Crippen LogP contribution in [0.2, 0.25) is 0 Å². The average molecular weight is 280 g/mol. The van der Waals surface area contributed by atoms with Gasteiger partial charge < -0.3 is 5.43 Å². The second-order valence-corrected chi connectivity index (χ2v) is 6.01. The van der Waals surface area contributed by atoms with Gasteiger partial charge in [-0.05, 0) is 23.6 Å². The number of nitrogens with zero attached hydrogens (tertiary/aromatic N) is 2. The van der Waals surface area contributed by atoms with Gasteiger partial charge in [-0.1, -0.05) is 30.5 Å². The molecule has 0 radical (unpaired) electrons. The molecule has 0 spiro atoms. The minimum Gasteiger partial charge on any atom is -0.313 e. The molecule has 0 bridgehead atoms. The maximum absolute atomic E-state index is 5.39. The lowest BCUT2D eigenvalue weighted by Gasteiger charge is -2.06. The van der Waals surface area contributed by atoms with Crippen LogP contribution in [0.25, 0.3) is 0 Å². The zero-order valence-corrected chi connectivity index (χ0v) is 12.0. The minimum absolute atomic E-state index is 0.569. The van der Waals surface area contributed by atoms with Crippen LogP contribution in [0, 0.1) is 0 Å². The largest absolute Gasteiger partial charge is 0.313 e. The third-order valence-corrected chi connectivity index (χ3v) is 4.33. The maximum atomic E-state index is 5.39. The number of rotatable bonds is 5. The minimum atomic E-state index is 0.569. The molecule has 3 N–H and O–H groups in total. The van der Waals surface area contributed by atoms with Crippen molar-refractivity contribution in [2.24, 2.45) is 5.84 Å². The summed E-state index contributed by atoms with van der Waals surface area (Å²) in [5.74, 6) is 6.73. The molecule has 96 valence electrons. The van der Waals surface area contributed by atoms with Crippen molar-refractivity contribution in [3.8, 4) is 0 Å². The number of hydrogen-bond acceptors (Lipinski definition) is 6. The van der Waals surface area contributed by atoms with E-state index in [4.69, 9.17) is 5.84 Å². The molecule has 0 atom stereocenters. The molecule has 0 aliphatic carbocycles. The number of hydrazine groups is 1. The van der Waals surface area contributed by atoms with Gasteiger partial charge >= 0.3 is 0 Å². The van der Waals surface area contributed by atoms with Crippen molar-refractivity contribution >= 4 is 28.3 Å². The third kappa shape index (κ3) is 3.22. The van der Waals surface area contributed by atoms with E-state index in [1.54, 1.807) is 11.8 Å². The number of benzene rings is 1. The number of aromatic nitrogens is 2. The summed E-state index contributed by atoms with van der Waals surface area (Å²) in [6.45, 7) is 4.39. The summed E-state index contributed by atoms with van der Waals surface area (Å²) in [5.41, 5.74) is 4.88. The molecule has 1 aromatic heterocycles. The highest BCUT2D eigenvalue weighted by Crippen LogP contribution is 2.27. The Kier molecular flexibility index (Phi) is 4.57. The molecular formula is C12H16N4S2. The SMILES string of the molecule is CC(C)c1ccc(SCc2nnsc2NN)cc1. The van der Waals surface area contributed by atoms with E-state index >= 15 is 0 Å². The van der Waals surface area contributed by atoms with Gasteiger partial charge in [0.15, 0.2) is 0 Å². The molecular weight excluding hydrogens is 264 g/mol. The lowest BCUT2D eigenvalue weighted by Crippen LogP contribution is -2.06. The van der Waals surface area contributed by atoms with Gasteiger partial charge in [-0.25, -0.2) is 5.84 Å². The van der Waals surface area contributed by atoms with Crippen molar-refractivity contribution in [3.63, 3.8) is 0 Å². The molecule has 1 heterocycles. The predicted molar refractivity (Wildman–Crippen MR) is 77.8 cm³/mol. The highest BCUT2D eigenvalue weighted by Gasteiger charge is 2.07. The monoisotopic (exact) mass is 280 g/mol. The van der Waals surface area contributed by atoms with Gasteiger partial charge in [0.2, 0.25) is 0 Å². The standard InChI is InChI=1S/C12H16N4S2/c1-8(2)9-3-5-10(6-4-9)17-7-11-12(14-13)18-16-15-11/h3-6,8,14H,7,13H2,1-2H3. The fraction of sp³-hybridized carbons (Fsp3) is 0.333. The van der Waals surface area contributed by atoms with Gasteiger partial charge in [-0.15, -0.1) is 16.9 Å². The van der Waals surface area contributed by atoms with Crippen LogP contribution >= 0.6 is 23.3 Å². The number of thioether (sulfide) groups is 1. The van der Waals surface area contributed by atoms with Crippen molar-refractivity contribution in [1.29, 1.82) is 0 Å². The van der Waals surface area contributed by atoms with Crippen LogP contribution < -0.4 is 11.3 Å². The van der Waals surface area contributed by atoms with Gasteiger partial charge in [0.25, 0.3) is 0 Å². The van der Waals surface area contributed by atoms with Crippen molar-refractivity contribution < 1.29 is 0 Å². The van der Waals surface area contributed by atoms with E-state index in [9.17, 15) is 0 Å². The van der Waals surface area contributed by atoms with Crippen LogP contribution in [0.15, 0.2) is 29.2 Å². The number of nitrogen functional groups attached to an aromatic ring is 1. The van der Waals surface area contributed by atoms with Crippen molar-refractivity contribution in [2.45, 2.75) is 30.4 Å². The van der Waals surface area contributed by atoms with Crippen molar-refractivity contribution in [1.82, 2.24) is 9.59 Å². The van der Waals surface area contributed by atoms with E-state index in [-0.39, 0.29) is 0 Å². The fourth-order valence-electron chi connectivity index (χ4n) is 1.51. The van der Waals surface area contributed by atoms with E-state index in [1.807, 2.05) is 0 Å². The van der Waals surface area contributed by atoms with E-state index in [0.29, 0.717) is 5.92 Å². The summed E-state index contributed by atoms with van der Waals surface area (Å²) >= 11 is 3.02. The Labute approximate surface area is 115 Å². The topological polar surface area (TPSA) is 63.8 Å². The molecule has 0 aliphatic rings. The number of nitrogens with two attached hydrogens (primary N) is 1. The number of nitrogens with one attached hydrogen (secondary N) is 1. The Balaban J connectivity index is 1.98. The number of anilines is 1. The van der Waals surface area contributed by atoms with E-state index < -0.39 is 0 Å². The van der Waals surface area contributed by atoms with E-state index in [0.717, 1.165) is 16.4 Å². The molecule has 0 saturated heterocycles. The Hall–Kier alpha value is -1.11. The van der Waals surface area contributed by atoms with Crippen molar-refractivity contribution in [3.05, 3.63) is 35.5 Å². The highest BCUT2D eigenvalue weighted by molar-refractivity contribution is 7.98. The summed E-state index contributed by atoms with van der Waals surface area (Å²) in [6.07, 6.45) is 0. The molecule has 2 rings (SSSR count). The first kappa shape index (κ1) is 13.3. The van der Waals surface area contributed by atoms with Gasteiger partial charge in [-0.3, -0.25) is 0 Å². The zero-order valence-electron chi connectivity index (χ0n) is 10.4.